The summed E-state index contributed by atoms with van der Waals surface area (Å²) in [5, 5.41) is 1.73. The SMILES string of the molecule is O=C(c1cccc(OC(F)(F)F)c1)c1cccs1. The normalized spacial score (nSPS) is 11.3. The number of halogens is 3. The van der Waals surface area contributed by atoms with Gasteiger partial charge in [-0.05, 0) is 23.6 Å². The number of hydrogen-bond acceptors (Lipinski definition) is 3. The molecule has 0 unspecified atom stereocenters. The van der Waals surface area contributed by atoms with E-state index in [2.05, 4.69) is 4.74 Å². The maximum Gasteiger partial charge on any atom is 0.573 e. The van der Waals surface area contributed by atoms with Crippen LogP contribution in [0.25, 0.3) is 0 Å². The molecule has 0 bridgehead atoms. The molecule has 0 atom stereocenters. The van der Waals surface area contributed by atoms with E-state index in [1.807, 2.05) is 0 Å². The highest BCUT2D eigenvalue weighted by molar-refractivity contribution is 7.12. The van der Waals surface area contributed by atoms with Gasteiger partial charge in [-0.15, -0.1) is 24.5 Å². The van der Waals surface area contributed by atoms with Crippen LogP contribution in [0.1, 0.15) is 15.2 Å². The van der Waals surface area contributed by atoms with Crippen molar-refractivity contribution in [3.8, 4) is 5.75 Å². The molecule has 0 aliphatic rings. The quantitative estimate of drug-likeness (QED) is 0.793. The Labute approximate surface area is 105 Å². The maximum atomic E-state index is 12.0. The van der Waals surface area contributed by atoms with Crippen molar-refractivity contribution in [2.45, 2.75) is 6.36 Å². The number of hydrogen-bond donors (Lipinski definition) is 0. The van der Waals surface area contributed by atoms with Crippen LogP contribution in [0.3, 0.4) is 0 Å². The van der Waals surface area contributed by atoms with Crippen LogP contribution in [0.4, 0.5) is 13.2 Å². The molecule has 1 aromatic carbocycles. The first-order chi connectivity index (χ1) is 8.46. The van der Waals surface area contributed by atoms with Crippen molar-refractivity contribution in [3.05, 3.63) is 52.2 Å². The Morgan fingerprint density at radius 2 is 1.94 bits per heavy atom. The smallest absolute Gasteiger partial charge is 0.406 e. The molecule has 0 saturated heterocycles. The summed E-state index contributed by atoms with van der Waals surface area (Å²) < 4.78 is 39.9. The van der Waals surface area contributed by atoms with Crippen LogP contribution in [0.2, 0.25) is 0 Å². The van der Waals surface area contributed by atoms with Crippen molar-refractivity contribution in [1.82, 2.24) is 0 Å². The van der Waals surface area contributed by atoms with E-state index in [4.69, 9.17) is 0 Å². The van der Waals surface area contributed by atoms with Gasteiger partial charge in [-0.25, -0.2) is 0 Å². The number of ketones is 1. The molecule has 2 nitrogen and oxygen atoms in total. The van der Waals surface area contributed by atoms with E-state index in [-0.39, 0.29) is 11.3 Å². The number of carbonyl (C=O) groups is 1. The lowest BCUT2D eigenvalue weighted by molar-refractivity contribution is -0.274. The van der Waals surface area contributed by atoms with Crippen LogP contribution < -0.4 is 4.74 Å². The Morgan fingerprint density at radius 3 is 2.56 bits per heavy atom. The number of rotatable bonds is 3. The Bertz CT molecular complexity index is 547. The van der Waals surface area contributed by atoms with Crippen LogP contribution >= 0.6 is 11.3 Å². The molecule has 0 saturated carbocycles. The third-order valence-electron chi connectivity index (χ3n) is 2.07. The number of benzene rings is 1. The fourth-order valence-electron chi connectivity index (χ4n) is 1.38. The predicted molar refractivity (Wildman–Crippen MR) is 60.9 cm³/mol. The Morgan fingerprint density at radius 1 is 1.17 bits per heavy atom. The van der Waals surface area contributed by atoms with Gasteiger partial charge < -0.3 is 4.74 Å². The highest BCUT2D eigenvalue weighted by Gasteiger charge is 2.31. The molecule has 1 aromatic heterocycles. The average molecular weight is 272 g/mol. The van der Waals surface area contributed by atoms with Crippen LogP contribution in [0.5, 0.6) is 5.75 Å². The third-order valence-corrected chi connectivity index (χ3v) is 2.94. The van der Waals surface area contributed by atoms with Crippen LogP contribution in [0, 0.1) is 0 Å². The second-order valence-electron chi connectivity index (χ2n) is 3.38. The fourth-order valence-corrected chi connectivity index (χ4v) is 2.07. The van der Waals surface area contributed by atoms with Gasteiger partial charge in [0.25, 0.3) is 0 Å². The lowest BCUT2D eigenvalue weighted by Crippen LogP contribution is -2.17. The minimum Gasteiger partial charge on any atom is -0.406 e. The predicted octanol–water partition coefficient (Wildman–Crippen LogP) is 3.88. The lowest BCUT2D eigenvalue weighted by atomic mass is 10.1. The lowest BCUT2D eigenvalue weighted by Gasteiger charge is -2.09. The summed E-state index contributed by atoms with van der Waals surface area (Å²) in [5.74, 6) is -0.720. The molecule has 0 N–H and O–H groups in total. The zero-order chi connectivity index (χ0) is 13.2. The standard InChI is InChI=1S/C12H7F3O2S/c13-12(14,15)17-9-4-1-3-8(7-9)11(16)10-5-2-6-18-10/h1-7H. The van der Waals surface area contributed by atoms with Gasteiger partial charge >= 0.3 is 6.36 Å². The van der Waals surface area contributed by atoms with E-state index in [0.29, 0.717) is 4.88 Å². The maximum absolute atomic E-state index is 12.0. The highest BCUT2D eigenvalue weighted by Crippen LogP contribution is 2.24. The van der Waals surface area contributed by atoms with Gasteiger partial charge in [-0.1, -0.05) is 18.2 Å². The van der Waals surface area contributed by atoms with Gasteiger partial charge in [0.2, 0.25) is 5.78 Å². The van der Waals surface area contributed by atoms with Crippen LogP contribution in [-0.4, -0.2) is 12.1 Å². The van der Waals surface area contributed by atoms with E-state index >= 15 is 0 Å². The van der Waals surface area contributed by atoms with Crippen molar-refractivity contribution in [3.63, 3.8) is 0 Å². The van der Waals surface area contributed by atoms with Gasteiger partial charge in [0.15, 0.2) is 0 Å². The summed E-state index contributed by atoms with van der Waals surface area (Å²) in [6, 6.07) is 8.35. The summed E-state index contributed by atoms with van der Waals surface area (Å²) in [4.78, 5) is 12.4. The number of alkyl halides is 3. The topological polar surface area (TPSA) is 26.3 Å². The second-order valence-corrected chi connectivity index (χ2v) is 4.33. The van der Waals surface area contributed by atoms with Gasteiger partial charge in [-0.3, -0.25) is 4.79 Å². The Hall–Kier alpha value is -1.82. The third kappa shape index (κ3) is 3.10. The molecule has 94 valence electrons. The monoisotopic (exact) mass is 272 g/mol. The van der Waals surface area contributed by atoms with Crippen molar-refractivity contribution < 1.29 is 22.7 Å². The first kappa shape index (κ1) is 12.6. The molecule has 18 heavy (non-hydrogen) atoms. The first-order valence-corrected chi connectivity index (χ1v) is 5.78. The summed E-state index contributed by atoms with van der Waals surface area (Å²) in [6.45, 7) is 0. The van der Waals surface area contributed by atoms with Crippen molar-refractivity contribution in [1.29, 1.82) is 0 Å². The van der Waals surface area contributed by atoms with E-state index in [1.54, 1.807) is 17.5 Å². The minimum absolute atomic E-state index is 0.166. The molecular formula is C12H7F3O2S. The van der Waals surface area contributed by atoms with Crippen LogP contribution in [-0.2, 0) is 0 Å². The van der Waals surface area contributed by atoms with E-state index < -0.39 is 12.1 Å². The summed E-state index contributed by atoms with van der Waals surface area (Å²) >= 11 is 1.23. The van der Waals surface area contributed by atoms with Gasteiger partial charge in [0, 0.05) is 5.56 Å². The zero-order valence-corrected chi connectivity index (χ0v) is 9.72. The first-order valence-electron chi connectivity index (χ1n) is 4.90. The van der Waals surface area contributed by atoms with Crippen molar-refractivity contribution in [2.24, 2.45) is 0 Å². The second kappa shape index (κ2) is 4.81. The van der Waals surface area contributed by atoms with Crippen molar-refractivity contribution in [2.75, 3.05) is 0 Å². The summed E-state index contributed by atoms with van der Waals surface area (Å²) in [5.41, 5.74) is 0.166. The number of carbonyl (C=O) groups excluding carboxylic acids is 1. The molecule has 0 aliphatic carbocycles. The van der Waals surface area contributed by atoms with Gasteiger partial charge in [0.1, 0.15) is 5.75 Å². The molecule has 0 spiro atoms. The molecule has 6 heteroatoms. The molecular weight excluding hydrogens is 265 g/mol. The molecule has 0 fully saturated rings. The molecule has 2 aromatic rings. The van der Waals surface area contributed by atoms with Crippen LogP contribution in [0.15, 0.2) is 41.8 Å². The highest BCUT2D eigenvalue weighted by atomic mass is 32.1. The Kier molecular flexibility index (Phi) is 3.38. The molecule has 2 rings (SSSR count). The van der Waals surface area contributed by atoms with Crippen molar-refractivity contribution >= 4 is 17.1 Å². The van der Waals surface area contributed by atoms with E-state index in [0.717, 1.165) is 12.1 Å². The zero-order valence-electron chi connectivity index (χ0n) is 8.90. The average Bonchev–Trinajstić information content (AvgIpc) is 2.79. The number of ether oxygens (including phenoxy) is 1. The summed E-state index contributed by atoms with van der Waals surface area (Å²) in [7, 11) is 0. The largest absolute Gasteiger partial charge is 0.573 e. The molecule has 0 aliphatic heterocycles. The molecule has 0 amide bonds. The Balaban J connectivity index is 2.25. The molecule has 1 heterocycles. The minimum atomic E-state index is -4.76. The van der Waals surface area contributed by atoms with Gasteiger partial charge in [0.05, 0.1) is 4.88 Å². The van der Waals surface area contributed by atoms with Gasteiger partial charge in [-0.2, -0.15) is 0 Å². The fraction of sp³-hybridized carbons (Fsp3) is 0.0833. The van der Waals surface area contributed by atoms with E-state index in [1.165, 1.54) is 23.5 Å². The number of thiophene rings is 1. The van der Waals surface area contributed by atoms with E-state index in [9.17, 15) is 18.0 Å². The summed E-state index contributed by atoms with van der Waals surface area (Å²) in [6.07, 6.45) is -4.76. The molecule has 0 radical (unpaired) electrons.